The van der Waals surface area contributed by atoms with Crippen molar-refractivity contribution < 1.29 is 4.79 Å². The molecule has 0 fully saturated rings. The smallest absolute Gasteiger partial charge is 0.222 e. The number of hydrogen-bond acceptors (Lipinski definition) is 2. The SMILES string of the molecule is CC(C)N(CCC(=O)Cl)Cc1ccccc1. The molecular formula is C13H18ClNO. The highest BCUT2D eigenvalue weighted by atomic mass is 35.5. The molecule has 2 nitrogen and oxygen atoms in total. The average Bonchev–Trinajstić information content (AvgIpc) is 2.25. The standard InChI is InChI=1S/C13H18ClNO/c1-11(2)15(9-8-13(14)16)10-12-6-4-3-5-7-12/h3-7,11H,8-10H2,1-2H3. The van der Waals surface area contributed by atoms with Crippen molar-refractivity contribution in [1.82, 2.24) is 4.90 Å². The zero-order valence-corrected chi connectivity index (χ0v) is 10.6. The maximum atomic E-state index is 10.8. The Morgan fingerprint density at radius 3 is 2.44 bits per heavy atom. The van der Waals surface area contributed by atoms with Crippen LogP contribution in [-0.4, -0.2) is 22.7 Å². The van der Waals surface area contributed by atoms with Gasteiger partial charge >= 0.3 is 0 Å². The molecule has 1 aromatic carbocycles. The number of hydrogen-bond donors (Lipinski definition) is 0. The molecule has 0 radical (unpaired) electrons. The van der Waals surface area contributed by atoms with Crippen LogP contribution in [0.15, 0.2) is 30.3 Å². The maximum absolute atomic E-state index is 10.8. The van der Waals surface area contributed by atoms with E-state index in [4.69, 9.17) is 11.6 Å². The van der Waals surface area contributed by atoms with E-state index in [-0.39, 0.29) is 5.24 Å². The van der Waals surface area contributed by atoms with Crippen molar-refractivity contribution in [2.24, 2.45) is 0 Å². The third kappa shape index (κ3) is 4.77. The van der Waals surface area contributed by atoms with Gasteiger partial charge in [-0.15, -0.1) is 0 Å². The Balaban J connectivity index is 2.54. The Labute approximate surface area is 102 Å². The highest BCUT2D eigenvalue weighted by molar-refractivity contribution is 6.63. The highest BCUT2D eigenvalue weighted by Gasteiger charge is 2.11. The lowest BCUT2D eigenvalue weighted by molar-refractivity contribution is -0.112. The van der Waals surface area contributed by atoms with Gasteiger partial charge in [-0.2, -0.15) is 0 Å². The fraction of sp³-hybridized carbons (Fsp3) is 0.462. The summed E-state index contributed by atoms with van der Waals surface area (Å²) in [5, 5.41) is -0.265. The normalized spacial score (nSPS) is 11.1. The molecule has 0 saturated carbocycles. The topological polar surface area (TPSA) is 20.3 Å². The van der Waals surface area contributed by atoms with Gasteiger partial charge in [-0.25, -0.2) is 0 Å². The lowest BCUT2D eigenvalue weighted by atomic mass is 10.2. The summed E-state index contributed by atoms with van der Waals surface area (Å²) in [7, 11) is 0. The van der Waals surface area contributed by atoms with Crippen LogP contribution in [0.3, 0.4) is 0 Å². The van der Waals surface area contributed by atoms with E-state index in [2.05, 4.69) is 30.9 Å². The number of nitrogens with zero attached hydrogens (tertiary/aromatic N) is 1. The molecule has 16 heavy (non-hydrogen) atoms. The monoisotopic (exact) mass is 239 g/mol. The summed E-state index contributed by atoms with van der Waals surface area (Å²) < 4.78 is 0. The van der Waals surface area contributed by atoms with Gasteiger partial charge in [-0.1, -0.05) is 30.3 Å². The molecule has 0 aliphatic carbocycles. The van der Waals surface area contributed by atoms with Gasteiger partial charge in [-0.05, 0) is 31.0 Å². The van der Waals surface area contributed by atoms with Gasteiger partial charge in [0, 0.05) is 25.6 Å². The maximum Gasteiger partial charge on any atom is 0.222 e. The summed E-state index contributed by atoms with van der Waals surface area (Å²) in [4.78, 5) is 13.0. The van der Waals surface area contributed by atoms with Crippen LogP contribution in [0.4, 0.5) is 0 Å². The summed E-state index contributed by atoms with van der Waals surface area (Å²) in [6.07, 6.45) is 0.409. The fourth-order valence-corrected chi connectivity index (χ4v) is 1.65. The van der Waals surface area contributed by atoms with Gasteiger partial charge in [0.25, 0.3) is 0 Å². The largest absolute Gasteiger partial charge is 0.296 e. The van der Waals surface area contributed by atoms with Gasteiger partial charge in [0.15, 0.2) is 0 Å². The fourth-order valence-electron chi connectivity index (χ4n) is 1.57. The van der Waals surface area contributed by atoms with Crippen molar-refractivity contribution in [3.8, 4) is 0 Å². The van der Waals surface area contributed by atoms with Crippen LogP contribution in [0.5, 0.6) is 0 Å². The van der Waals surface area contributed by atoms with Crippen LogP contribution < -0.4 is 0 Å². The van der Waals surface area contributed by atoms with Gasteiger partial charge < -0.3 is 0 Å². The molecule has 1 rings (SSSR count). The van der Waals surface area contributed by atoms with E-state index < -0.39 is 0 Å². The van der Waals surface area contributed by atoms with Gasteiger partial charge in [-0.3, -0.25) is 9.69 Å². The molecule has 0 bridgehead atoms. The molecule has 0 amide bonds. The summed E-state index contributed by atoms with van der Waals surface area (Å²) >= 11 is 5.36. The van der Waals surface area contributed by atoms with Crippen LogP contribution in [0.1, 0.15) is 25.8 Å². The molecular weight excluding hydrogens is 222 g/mol. The van der Waals surface area contributed by atoms with Crippen molar-refractivity contribution in [3.63, 3.8) is 0 Å². The second-order valence-corrected chi connectivity index (χ2v) is 4.58. The van der Waals surface area contributed by atoms with E-state index in [1.54, 1.807) is 0 Å². The quantitative estimate of drug-likeness (QED) is 0.712. The lowest BCUT2D eigenvalue weighted by Gasteiger charge is -2.25. The minimum atomic E-state index is -0.265. The molecule has 3 heteroatoms. The lowest BCUT2D eigenvalue weighted by Crippen LogP contribution is -2.31. The first-order valence-corrected chi connectivity index (χ1v) is 5.93. The Morgan fingerprint density at radius 1 is 1.31 bits per heavy atom. The Morgan fingerprint density at radius 2 is 1.94 bits per heavy atom. The first-order valence-electron chi connectivity index (χ1n) is 5.56. The van der Waals surface area contributed by atoms with Gasteiger partial charge in [0.1, 0.15) is 0 Å². The summed E-state index contributed by atoms with van der Waals surface area (Å²) in [5.41, 5.74) is 1.26. The van der Waals surface area contributed by atoms with E-state index in [1.165, 1.54) is 5.56 Å². The molecule has 0 atom stereocenters. The Kier molecular flexibility index (Phi) is 5.50. The molecule has 0 heterocycles. The number of rotatable bonds is 6. The van der Waals surface area contributed by atoms with E-state index in [9.17, 15) is 4.79 Å². The number of carbonyl (C=O) groups is 1. The van der Waals surface area contributed by atoms with Crippen molar-refractivity contribution in [2.75, 3.05) is 6.54 Å². The van der Waals surface area contributed by atoms with E-state index in [0.717, 1.165) is 13.1 Å². The second kappa shape index (κ2) is 6.66. The molecule has 0 unspecified atom stereocenters. The molecule has 1 aromatic rings. The van der Waals surface area contributed by atoms with Crippen molar-refractivity contribution in [1.29, 1.82) is 0 Å². The predicted molar refractivity (Wildman–Crippen MR) is 67.5 cm³/mol. The molecule has 0 aliphatic heterocycles. The number of halogens is 1. The molecule has 0 aromatic heterocycles. The van der Waals surface area contributed by atoms with Crippen LogP contribution >= 0.6 is 11.6 Å². The minimum absolute atomic E-state index is 0.265. The summed E-state index contributed by atoms with van der Waals surface area (Å²) in [5.74, 6) is 0. The predicted octanol–water partition coefficient (Wildman–Crippen LogP) is 3.05. The molecule has 0 aliphatic rings. The molecule has 0 saturated heterocycles. The first kappa shape index (κ1) is 13.2. The van der Waals surface area contributed by atoms with Crippen LogP contribution in [0.25, 0.3) is 0 Å². The van der Waals surface area contributed by atoms with E-state index >= 15 is 0 Å². The third-order valence-electron chi connectivity index (χ3n) is 2.55. The second-order valence-electron chi connectivity index (χ2n) is 4.15. The zero-order chi connectivity index (χ0) is 12.0. The van der Waals surface area contributed by atoms with Crippen LogP contribution in [0.2, 0.25) is 0 Å². The molecule has 88 valence electrons. The van der Waals surface area contributed by atoms with Crippen molar-refractivity contribution in [2.45, 2.75) is 32.9 Å². The van der Waals surface area contributed by atoms with Crippen molar-refractivity contribution >= 4 is 16.8 Å². The number of benzene rings is 1. The van der Waals surface area contributed by atoms with Crippen LogP contribution in [0, 0.1) is 0 Å². The molecule has 0 spiro atoms. The van der Waals surface area contributed by atoms with Crippen molar-refractivity contribution in [3.05, 3.63) is 35.9 Å². The highest BCUT2D eigenvalue weighted by Crippen LogP contribution is 2.09. The summed E-state index contributed by atoms with van der Waals surface area (Å²) in [6, 6.07) is 10.7. The average molecular weight is 240 g/mol. The van der Waals surface area contributed by atoms with Crippen LogP contribution in [-0.2, 0) is 11.3 Å². The van der Waals surface area contributed by atoms with Gasteiger partial charge in [0.2, 0.25) is 5.24 Å². The Bertz CT molecular complexity index is 324. The first-order chi connectivity index (χ1) is 7.59. The number of carbonyl (C=O) groups excluding carboxylic acids is 1. The summed E-state index contributed by atoms with van der Waals surface area (Å²) in [6.45, 7) is 5.83. The molecule has 0 N–H and O–H groups in total. The van der Waals surface area contributed by atoms with E-state index in [0.29, 0.717) is 12.5 Å². The Hall–Kier alpha value is -0.860. The van der Waals surface area contributed by atoms with E-state index in [1.807, 2.05) is 18.2 Å². The zero-order valence-electron chi connectivity index (χ0n) is 9.82. The van der Waals surface area contributed by atoms with Gasteiger partial charge in [0.05, 0.1) is 0 Å². The minimum Gasteiger partial charge on any atom is -0.296 e. The third-order valence-corrected chi connectivity index (χ3v) is 2.74.